The van der Waals surface area contributed by atoms with Crippen molar-refractivity contribution in [1.82, 2.24) is 10.2 Å². The van der Waals surface area contributed by atoms with Crippen molar-refractivity contribution < 1.29 is 0 Å². The molecular formula is C7H14N2. The zero-order valence-electron chi connectivity index (χ0n) is 5.93. The van der Waals surface area contributed by atoms with Crippen LogP contribution < -0.4 is 5.32 Å². The molecule has 0 saturated carbocycles. The second-order valence-electron chi connectivity index (χ2n) is 2.49. The Morgan fingerprint density at radius 3 is 3.00 bits per heavy atom. The quantitative estimate of drug-likeness (QED) is 0.500. The molecular weight excluding hydrogens is 112 g/mol. The van der Waals surface area contributed by atoms with Gasteiger partial charge in [-0.15, -0.1) is 6.58 Å². The Balaban J connectivity index is 2.38. The van der Waals surface area contributed by atoms with E-state index >= 15 is 0 Å². The topological polar surface area (TPSA) is 15.3 Å². The summed E-state index contributed by atoms with van der Waals surface area (Å²) in [5, 5.41) is 3.30. The molecule has 1 N–H and O–H groups in total. The van der Waals surface area contributed by atoms with Gasteiger partial charge in [0.15, 0.2) is 0 Å². The van der Waals surface area contributed by atoms with E-state index in [1.807, 2.05) is 6.08 Å². The standard InChI is InChI=1S/C7H14N2/c1-3-7-6-8-4-5-9(7)2/h3,7-8H,1,4-6H2,2H3. The van der Waals surface area contributed by atoms with E-state index in [-0.39, 0.29) is 0 Å². The van der Waals surface area contributed by atoms with Crippen LogP contribution in [0.15, 0.2) is 12.7 Å². The van der Waals surface area contributed by atoms with Crippen LogP contribution in [0.1, 0.15) is 0 Å². The smallest absolute Gasteiger partial charge is 0.0398 e. The number of hydrogen-bond acceptors (Lipinski definition) is 2. The van der Waals surface area contributed by atoms with Crippen LogP contribution >= 0.6 is 0 Å². The first-order chi connectivity index (χ1) is 4.34. The van der Waals surface area contributed by atoms with Crippen molar-refractivity contribution in [1.29, 1.82) is 0 Å². The highest BCUT2D eigenvalue weighted by Gasteiger charge is 2.13. The molecule has 0 bridgehead atoms. The van der Waals surface area contributed by atoms with Gasteiger partial charge < -0.3 is 5.32 Å². The van der Waals surface area contributed by atoms with Crippen LogP contribution in [0.2, 0.25) is 0 Å². The van der Waals surface area contributed by atoms with E-state index in [0.29, 0.717) is 6.04 Å². The van der Waals surface area contributed by atoms with Gasteiger partial charge in [0.25, 0.3) is 0 Å². The molecule has 0 radical (unpaired) electrons. The average Bonchev–Trinajstić information content (AvgIpc) is 1.89. The van der Waals surface area contributed by atoms with Crippen molar-refractivity contribution in [3.05, 3.63) is 12.7 Å². The minimum absolute atomic E-state index is 0.541. The van der Waals surface area contributed by atoms with E-state index in [2.05, 4.69) is 23.8 Å². The minimum Gasteiger partial charge on any atom is -0.314 e. The molecule has 0 spiro atoms. The molecule has 1 aliphatic heterocycles. The van der Waals surface area contributed by atoms with E-state index in [9.17, 15) is 0 Å². The number of hydrogen-bond donors (Lipinski definition) is 1. The minimum atomic E-state index is 0.541. The van der Waals surface area contributed by atoms with Gasteiger partial charge in [0, 0.05) is 25.7 Å². The van der Waals surface area contributed by atoms with Crippen LogP contribution in [0, 0.1) is 0 Å². The van der Waals surface area contributed by atoms with Crippen molar-refractivity contribution in [3.8, 4) is 0 Å². The summed E-state index contributed by atoms with van der Waals surface area (Å²) < 4.78 is 0. The summed E-state index contributed by atoms with van der Waals surface area (Å²) in [6, 6.07) is 0.541. The third-order valence-corrected chi connectivity index (χ3v) is 1.83. The van der Waals surface area contributed by atoms with Crippen molar-refractivity contribution in [2.24, 2.45) is 0 Å². The van der Waals surface area contributed by atoms with Gasteiger partial charge in [-0.05, 0) is 7.05 Å². The molecule has 2 nitrogen and oxygen atoms in total. The lowest BCUT2D eigenvalue weighted by Gasteiger charge is -2.30. The zero-order valence-corrected chi connectivity index (χ0v) is 5.93. The molecule has 1 saturated heterocycles. The fourth-order valence-electron chi connectivity index (χ4n) is 1.09. The highest BCUT2D eigenvalue weighted by atomic mass is 15.2. The van der Waals surface area contributed by atoms with E-state index < -0.39 is 0 Å². The molecule has 0 aromatic carbocycles. The van der Waals surface area contributed by atoms with Crippen LogP contribution in [0.5, 0.6) is 0 Å². The van der Waals surface area contributed by atoms with Crippen LogP contribution in [-0.4, -0.2) is 37.6 Å². The molecule has 1 rings (SSSR count). The van der Waals surface area contributed by atoms with Gasteiger partial charge in [-0.3, -0.25) is 4.90 Å². The molecule has 0 aliphatic carbocycles. The molecule has 1 unspecified atom stereocenters. The lowest BCUT2D eigenvalue weighted by molar-refractivity contribution is 0.237. The second-order valence-corrected chi connectivity index (χ2v) is 2.49. The van der Waals surface area contributed by atoms with Crippen LogP contribution in [0.4, 0.5) is 0 Å². The Morgan fingerprint density at radius 1 is 1.78 bits per heavy atom. The molecule has 1 aliphatic rings. The Bertz CT molecular complexity index is 101. The highest BCUT2D eigenvalue weighted by Crippen LogP contribution is 1.98. The van der Waals surface area contributed by atoms with Gasteiger partial charge >= 0.3 is 0 Å². The molecule has 1 heterocycles. The van der Waals surface area contributed by atoms with Gasteiger partial charge in [-0.1, -0.05) is 6.08 Å². The van der Waals surface area contributed by atoms with Gasteiger partial charge in [-0.25, -0.2) is 0 Å². The fraction of sp³-hybridized carbons (Fsp3) is 0.714. The number of nitrogens with zero attached hydrogens (tertiary/aromatic N) is 1. The Hall–Kier alpha value is -0.340. The molecule has 0 aromatic rings. The predicted molar refractivity (Wildman–Crippen MR) is 39.5 cm³/mol. The van der Waals surface area contributed by atoms with Gasteiger partial charge in [0.1, 0.15) is 0 Å². The maximum atomic E-state index is 3.75. The van der Waals surface area contributed by atoms with Crippen molar-refractivity contribution in [2.75, 3.05) is 26.7 Å². The van der Waals surface area contributed by atoms with E-state index in [1.54, 1.807) is 0 Å². The Labute approximate surface area is 56.5 Å². The molecule has 0 amide bonds. The third-order valence-electron chi connectivity index (χ3n) is 1.83. The number of piperazine rings is 1. The van der Waals surface area contributed by atoms with Gasteiger partial charge in [-0.2, -0.15) is 0 Å². The van der Waals surface area contributed by atoms with E-state index in [0.717, 1.165) is 19.6 Å². The van der Waals surface area contributed by atoms with Gasteiger partial charge in [0.05, 0.1) is 0 Å². The monoisotopic (exact) mass is 126 g/mol. The Morgan fingerprint density at radius 2 is 2.56 bits per heavy atom. The number of likely N-dealkylation sites (N-methyl/N-ethyl adjacent to an activating group) is 1. The molecule has 52 valence electrons. The predicted octanol–water partition coefficient (Wildman–Crippen LogP) is 0.0760. The summed E-state index contributed by atoms with van der Waals surface area (Å²) in [5.41, 5.74) is 0. The van der Waals surface area contributed by atoms with Crippen molar-refractivity contribution >= 4 is 0 Å². The van der Waals surface area contributed by atoms with Crippen molar-refractivity contribution in [3.63, 3.8) is 0 Å². The lowest BCUT2D eigenvalue weighted by Crippen LogP contribution is -2.48. The maximum Gasteiger partial charge on any atom is 0.0398 e. The van der Waals surface area contributed by atoms with Crippen molar-refractivity contribution in [2.45, 2.75) is 6.04 Å². The van der Waals surface area contributed by atoms with Crippen LogP contribution in [-0.2, 0) is 0 Å². The maximum absolute atomic E-state index is 3.75. The summed E-state index contributed by atoms with van der Waals surface area (Å²) in [7, 11) is 2.13. The second kappa shape index (κ2) is 2.99. The van der Waals surface area contributed by atoms with Gasteiger partial charge in [0.2, 0.25) is 0 Å². The van der Waals surface area contributed by atoms with E-state index in [1.165, 1.54) is 0 Å². The normalized spacial score (nSPS) is 30.1. The fourth-order valence-corrected chi connectivity index (χ4v) is 1.09. The number of rotatable bonds is 1. The Kier molecular flexibility index (Phi) is 2.25. The first-order valence-electron chi connectivity index (χ1n) is 3.38. The highest BCUT2D eigenvalue weighted by molar-refractivity contribution is 4.90. The van der Waals surface area contributed by atoms with E-state index in [4.69, 9.17) is 0 Å². The van der Waals surface area contributed by atoms with Crippen LogP contribution in [0.3, 0.4) is 0 Å². The SMILES string of the molecule is C=CC1CNCCN1C. The summed E-state index contributed by atoms with van der Waals surface area (Å²) in [6.07, 6.45) is 1.99. The molecule has 1 fully saturated rings. The first-order valence-corrected chi connectivity index (χ1v) is 3.38. The first kappa shape index (κ1) is 6.78. The summed E-state index contributed by atoms with van der Waals surface area (Å²) in [5.74, 6) is 0. The summed E-state index contributed by atoms with van der Waals surface area (Å²) in [4.78, 5) is 2.31. The molecule has 2 heteroatoms. The average molecular weight is 126 g/mol. The number of nitrogens with one attached hydrogen (secondary N) is 1. The molecule has 0 aromatic heterocycles. The molecule has 9 heavy (non-hydrogen) atoms. The lowest BCUT2D eigenvalue weighted by atomic mass is 10.2. The summed E-state index contributed by atoms with van der Waals surface area (Å²) in [6.45, 7) is 7.06. The molecule has 1 atom stereocenters. The summed E-state index contributed by atoms with van der Waals surface area (Å²) >= 11 is 0. The van der Waals surface area contributed by atoms with Crippen LogP contribution in [0.25, 0.3) is 0 Å². The largest absolute Gasteiger partial charge is 0.314 e. The zero-order chi connectivity index (χ0) is 6.69. The third kappa shape index (κ3) is 1.53.